The highest BCUT2D eigenvalue weighted by molar-refractivity contribution is 6.08. The second-order valence-corrected chi connectivity index (χ2v) is 5.62. The molecule has 27 heavy (non-hydrogen) atoms. The van der Waals surface area contributed by atoms with E-state index >= 15 is 0 Å². The van der Waals surface area contributed by atoms with Crippen molar-refractivity contribution in [2.75, 3.05) is 33.2 Å². The molecule has 0 aliphatic carbocycles. The lowest BCUT2D eigenvalue weighted by atomic mass is 9.89. The van der Waals surface area contributed by atoms with E-state index in [4.69, 9.17) is 24.7 Å². The number of carbonyl (C=O) groups is 3. The number of anilines is 1. The van der Waals surface area contributed by atoms with E-state index in [1.807, 2.05) is 0 Å². The summed E-state index contributed by atoms with van der Waals surface area (Å²) in [6.45, 7) is 4.42. The Hall–Kier alpha value is -2.97. The third-order valence-corrected chi connectivity index (χ3v) is 3.67. The van der Waals surface area contributed by atoms with E-state index in [1.54, 1.807) is 19.9 Å². The summed E-state index contributed by atoms with van der Waals surface area (Å²) in [4.78, 5) is 37.1. The fourth-order valence-corrected chi connectivity index (χ4v) is 2.64. The van der Waals surface area contributed by atoms with Crippen LogP contribution in [-0.2, 0) is 30.3 Å². The van der Waals surface area contributed by atoms with Crippen LogP contribution >= 0.6 is 0 Å². The van der Waals surface area contributed by atoms with Crippen LogP contribution in [0.4, 0.5) is 5.69 Å². The fraction of sp³-hybridized carbons (Fsp3) is 0.500. The van der Waals surface area contributed by atoms with Crippen molar-refractivity contribution in [1.29, 1.82) is 0 Å². The van der Waals surface area contributed by atoms with Crippen molar-refractivity contribution in [2.45, 2.75) is 32.7 Å². The highest BCUT2D eigenvalue weighted by atomic mass is 16.6. The Labute approximate surface area is 158 Å². The smallest absolute Gasteiger partial charge is 0.344 e. The van der Waals surface area contributed by atoms with Crippen LogP contribution in [0.15, 0.2) is 12.1 Å². The summed E-state index contributed by atoms with van der Waals surface area (Å²) in [5.41, 5.74) is 4.61. The molecule has 0 radical (unpaired) electrons. The Balaban J connectivity index is 3.50. The SMILES string of the molecule is CCOC(=O)C(Cc1cc(N)c(OC)c(OC)c1)(NC(C)=O)C(=O)OCC. The van der Waals surface area contributed by atoms with Crippen LogP contribution in [0.5, 0.6) is 11.5 Å². The first-order valence-corrected chi connectivity index (χ1v) is 8.39. The summed E-state index contributed by atoms with van der Waals surface area (Å²) in [6.07, 6.45) is -0.241. The molecule has 0 unspecified atom stereocenters. The number of methoxy groups -OCH3 is 2. The summed E-state index contributed by atoms with van der Waals surface area (Å²) >= 11 is 0. The number of nitrogen functional groups attached to an aromatic ring is 1. The maximum absolute atomic E-state index is 12.7. The number of hydrogen-bond acceptors (Lipinski definition) is 8. The Bertz CT molecular complexity index is 685. The maximum atomic E-state index is 12.7. The molecular weight excluding hydrogens is 356 g/mol. The van der Waals surface area contributed by atoms with Crippen molar-refractivity contribution in [2.24, 2.45) is 0 Å². The van der Waals surface area contributed by atoms with Gasteiger partial charge in [-0.1, -0.05) is 0 Å². The molecule has 0 spiro atoms. The average Bonchev–Trinajstić information content (AvgIpc) is 2.60. The monoisotopic (exact) mass is 382 g/mol. The molecule has 9 heteroatoms. The van der Waals surface area contributed by atoms with Crippen LogP contribution < -0.4 is 20.5 Å². The molecule has 0 atom stereocenters. The number of carbonyl (C=O) groups excluding carboxylic acids is 3. The highest BCUT2D eigenvalue weighted by Gasteiger charge is 2.50. The molecule has 1 rings (SSSR count). The van der Waals surface area contributed by atoms with Gasteiger partial charge in [-0.3, -0.25) is 4.79 Å². The Morgan fingerprint density at radius 3 is 2.00 bits per heavy atom. The minimum absolute atomic E-state index is 0.0215. The van der Waals surface area contributed by atoms with Crippen LogP contribution in [-0.4, -0.2) is 50.8 Å². The van der Waals surface area contributed by atoms with Gasteiger partial charge in [0.15, 0.2) is 11.5 Å². The molecule has 0 bridgehead atoms. The van der Waals surface area contributed by atoms with Crippen molar-refractivity contribution in [1.82, 2.24) is 5.32 Å². The van der Waals surface area contributed by atoms with Gasteiger partial charge in [0.2, 0.25) is 11.4 Å². The molecule has 9 nitrogen and oxygen atoms in total. The summed E-state index contributed by atoms with van der Waals surface area (Å²) in [7, 11) is 2.87. The molecule has 0 saturated heterocycles. The van der Waals surface area contributed by atoms with Gasteiger partial charge in [-0.25, -0.2) is 9.59 Å². The van der Waals surface area contributed by atoms with E-state index < -0.39 is 23.4 Å². The lowest BCUT2D eigenvalue weighted by Gasteiger charge is -2.30. The zero-order chi connectivity index (χ0) is 20.6. The van der Waals surface area contributed by atoms with E-state index in [2.05, 4.69) is 5.32 Å². The van der Waals surface area contributed by atoms with Gasteiger partial charge in [-0.05, 0) is 31.5 Å². The first-order chi connectivity index (χ1) is 12.7. The zero-order valence-electron chi connectivity index (χ0n) is 16.2. The minimum Gasteiger partial charge on any atom is -0.493 e. The van der Waals surface area contributed by atoms with Crippen LogP contribution in [0.1, 0.15) is 26.3 Å². The first-order valence-electron chi connectivity index (χ1n) is 8.39. The molecule has 1 aromatic carbocycles. The Morgan fingerprint density at radius 1 is 1.04 bits per heavy atom. The normalized spacial score (nSPS) is 10.7. The number of ether oxygens (including phenoxy) is 4. The molecule has 0 aliphatic heterocycles. The second-order valence-electron chi connectivity index (χ2n) is 5.62. The molecule has 0 heterocycles. The van der Waals surface area contributed by atoms with Crippen molar-refractivity contribution in [3.05, 3.63) is 17.7 Å². The van der Waals surface area contributed by atoms with Gasteiger partial charge in [0.25, 0.3) is 0 Å². The summed E-state index contributed by atoms with van der Waals surface area (Å²) in [6, 6.07) is 3.08. The van der Waals surface area contributed by atoms with Crippen LogP contribution in [0.3, 0.4) is 0 Å². The molecule has 150 valence electrons. The number of benzene rings is 1. The van der Waals surface area contributed by atoms with Gasteiger partial charge >= 0.3 is 11.9 Å². The average molecular weight is 382 g/mol. The lowest BCUT2D eigenvalue weighted by molar-refractivity contribution is -0.168. The third kappa shape index (κ3) is 5.02. The number of rotatable bonds is 9. The predicted molar refractivity (Wildman–Crippen MR) is 97.5 cm³/mol. The van der Waals surface area contributed by atoms with Crippen molar-refractivity contribution in [3.8, 4) is 11.5 Å². The number of esters is 2. The van der Waals surface area contributed by atoms with E-state index in [1.165, 1.54) is 27.2 Å². The lowest BCUT2D eigenvalue weighted by Crippen LogP contribution is -2.62. The van der Waals surface area contributed by atoms with Crippen LogP contribution in [0.2, 0.25) is 0 Å². The molecule has 0 aromatic heterocycles. The molecule has 3 N–H and O–H groups in total. The quantitative estimate of drug-likeness (QED) is 0.365. The highest BCUT2D eigenvalue weighted by Crippen LogP contribution is 2.35. The minimum atomic E-state index is -2.05. The first kappa shape index (κ1) is 22.1. The predicted octanol–water partition coefficient (Wildman–Crippen LogP) is 0.830. The van der Waals surface area contributed by atoms with Gasteiger partial charge in [-0.2, -0.15) is 0 Å². The summed E-state index contributed by atoms with van der Waals surface area (Å²) in [5, 5.41) is 2.40. The van der Waals surface area contributed by atoms with E-state index in [0.717, 1.165) is 0 Å². The molecule has 1 amide bonds. The maximum Gasteiger partial charge on any atom is 0.344 e. The molecule has 0 aliphatic rings. The number of hydrogen-bond donors (Lipinski definition) is 2. The van der Waals surface area contributed by atoms with Crippen LogP contribution in [0.25, 0.3) is 0 Å². The largest absolute Gasteiger partial charge is 0.493 e. The van der Waals surface area contributed by atoms with E-state index in [0.29, 0.717) is 17.1 Å². The van der Waals surface area contributed by atoms with Crippen molar-refractivity contribution >= 4 is 23.5 Å². The standard InChI is InChI=1S/C18H26N2O7/c1-6-26-16(22)18(20-11(3)21,17(23)27-7-2)10-12-8-13(19)15(25-5)14(9-12)24-4/h8-9H,6-7,10,19H2,1-5H3,(H,20,21). The summed E-state index contributed by atoms with van der Waals surface area (Å²) in [5.74, 6) is -1.81. The molecule has 1 aromatic rings. The van der Waals surface area contributed by atoms with Gasteiger partial charge < -0.3 is 30.0 Å². The third-order valence-electron chi connectivity index (χ3n) is 3.67. The zero-order valence-corrected chi connectivity index (χ0v) is 16.2. The van der Waals surface area contributed by atoms with Gasteiger partial charge in [0, 0.05) is 13.3 Å². The topological polar surface area (TPSA) is 126 Å². The van der Waals surface area contributed by atoms with Gasteiger partial charge in [0.1, 0.15) is 0 Å². The second kappa shape index (κ2) is 9.65. The fourth-order valence-electron chi connectivity index (χ4n) is 2.64. The number of nitrogens with one attached hydrogen (secondary N) is 1. The van der Waals surface area contributed by atoms with E-state index in [9.17, 15) is 14.4 Å². The number of amides is 1. The molecule has 0 saturated carbocycles. The van der Waals surface area contributed by atoms with Crippen molar-refractivity contribution < 1.29 is 33.3 Å². The Kier molecular flexibility index (Phi) is 7.89. The van der Waals surface area contributed by atoms with Crippen LogP contribution in [0, 0.1) is 0 Å². The number of nitrogens with two attached hydrogens (primary N) is 1. The Morgan fingerprint density at radius 2 is 1.59 bits per heavy atom. The van der Waals surface area contributed by atoms with E-state index in [-0.39, 0.29) is 25.3 Å². The van der Waals surface area contributed by atoms with Crippen molar-refractivity contribution in [3.63, 3.8) is 0 Å². The summed E-state index contributed by atoms with van der Waals surface area (Å²) < 4.78 is 20.5. The van der Waals surface area contributed by atoms with Gasteiger partial charge in [-0.15, -0.1) is 0 Å². The molecular formula is C18H26N2O7. The molecule has 0 fully saturated rings. The van der Waals surface area contributed by atoms with Gasteiger partial charge in [0.05, 0.1) is 33.1 Å².